The minimum absolute atomic E-state index is 0.231. The van der Waals surface area contributed by atoms with Gasteiger partial charge in [0.25, 0.3) is 0 Å². The third-order valence-corrected chi connectivity index (χ3v) is 1.78. The van der Waals surface area contributed by atoms with E-state index in [1.165, 1.54) is 6.92 Å². The van der Waals surface area contributed by atoms with Crippen molar-refractivity contribution in [3.8, 4) is 0 Å². The number of nitrogens with zero attached hydrogens (tertiary/aromatic N) is 1. The molecule has 14 heavy (non-hydrogen) atoms. The van der Waals surface area contributed by atoms with E-state index in [-0.39, 0.29) is 12.5 Å². The van der Waals surface area contributed by atoms with Crippen LogP contribution in [0.2, 0.25) is 0 Å². The average Bonchev–Trinajstić information content (AvgIpc) is 2.02. The van der Waals surface area contributed by atoms with Gasteiger partial charge < -0.3 is 21.7 Å². The van der Waals surface area contributed by atoms with Crippen molar-refractivity contribution in [1.82, 2.24) is 0 Å². The van der Waals surface area contributed by atoms with Gasteiger partial charge in [-0.3, -0.25) is 14.6 Å². The third kappa shape index (κ3) is 3.74. The summed E-state index contributed by atoms with van der Waals surface area (Å²) in [6, 6.07) is 0. The van der Waals surface area contributed by atoms with Crippen LogP contribution in [0, 0.1) is 11.8 Å². The number of hydrogen-bond acceptors (Lipinski definition) is 3. The Bertz CT molecular complexity index is 260. The number of carboxylic acid groups (broad SMARTS) is 2. The van der Waals surface area contributed by atoms with Crippen molar-refractivity contribution in [2.75, 3.05) is 6.54 Å². The summed E-state index contributed by atoms with van der Waals surface area (Å²) in [5, 5.41) is 17.3. The van der Waals surface area contributed by atoms with Gasteiger partial charge in [-0.05, 0) is 0 Å². The maximum absolute atomic E-state index is 10.6. The number of guanidine groups is 1. The van der Waals surface area contributed by atoms with Crippen molar-refractivity contribution in [2.24, 2.45) is 28.3 Å². The molecule has 0 radical (unpaired) electrons. The second kappa shape index (κ2) is 5.05. The number of hydrogen-bond donors (Lipinski definition) is 4. The van der Waals surface area contributed by atoms with E-state index in [4.69, 9.17) is 21.7 Å². The van der Waals surface area contributed by atoms with Gasteiger partial charge >= 0.3 is 11.9 Å². The number of nitrogens with two attached hydrogens (primary N) is 2. The van der Waals surface area contributed by atoms with Gasteiger partial charge in [0.1, 0.15) is 0 Å². The molecule has 0 aromatic carbocycles. The second-order valence-electron chi connectivity index (χ2n) is 2.84. The molecule has 0 amide bonds. The van der Waals surface area contributed by atoms with Crippen LogP contribution in [0.1, 0.15) is 6.92 Å². The van der Waals surface area contributed by atoms with Gasteiger partial charge in [-0.25, -0.2) is 0 Å². The normalized spacial score (nSPS) is 14.1. The molecule has 0 saturated carbocycles. The predicted octanol–water partition coefficient (Wildman–Crippen LogP) is -1.32. The number of aliphatic carboxylic acids is 2. The fourth-order valence-electron chi connectivity index (χ4n) is 0.826. The molecule has 6 N–H and O–H groups in total. The van der Waals surface area contributed by atoms with E-state index in [0.29, 0.717) is 0 Å². The zero-order valence-corrected chi connectivity index (χ0v) is 7.67. The smallest absolute Gasteiger partial charge is 0.309 e. The standard InChI is InChI=1S/C7H13N3O4/c1-3(5(11)12)4(6(13)14)2-10-7(8)9/h3-4H,2H2,1H3,(H,11,12)(H,13,14)(H4,8,9,10). The zero-order valence-electron chi connectivity index (χ0n) is 7.67. The molecular weight excluding hydrogens is 190 g/mol. The predicted molar refractivity (Wildman–Crippen MR) is 48.6 cm³/mol. The summed E-state index contributed by atoms with van der Waals surface area (Å²) in [5.74, 6) is -4.83. The lowest BCUT2D eigenvalue weighted by Crippen LogP contribution is -2.32. The quantitative estimate of drug-likeness (QED) is 0.323. The lowest BCUT2D eigenvalue weighted by molar-refractivity contribution is -0.152. The summed E-state index contributed by atoms with van der Waals surface area (Å²) < 4.78 is 0. The van der Waals surface area contributed by atoms with E-state index in [9.17, 15) is 9.59 Å². The summed E-state index contributed by atoms with van der Waals surface area (Å²) in [6.07, 6.45) is 0. The SMILES string of the molecule is CC(C(=O)O)C(CN=C(N)N)C(=O)O. The molecule has 2 atom stereocenters. The topological polar surface area (TPSA) is 139 Å². The number of carboxylic acids is 2. The van der Waals surface area contributed by atoms with Gasteiger partial charge in [0.2, 0.25) is 0 Å². The van der Waals surface area contributed by atoms with Gasteiger partial charge in [-0.2, -0.15) is 0 Å². The van der Waals surface area contributed by atoms with Crippen LogP contribution in [-0.2, 0) is 9.59 Å². The van der Waals surface area contributed by atoms with E-state index in [0.717, 1.165) is 0 Å². The zero-order chi connectivity index (χ0) is 11.3. The van der Waals surface area contributed by atoms with Gasteiger partial charge in [-0.1, -0.05) is 6.92 Å². The molecular formula is C7H13N3O4. The van der Waals surface area contributed by atoms with Crippen LogP contribution in [-0.4, -0.2) is 34.7 Å². The molecule has 7 nitrogen and oxygen atoms in total. The molecule has 0 rings (SSSR count). The first kappa shape index (κ1) is 12.2. The fraction of sp³-hybridized carbons (Fsp3) is 0.571. The third-order valence-electron chi connectivity index (χ3n) is 1.78. The van der Waals surface area contributed by atoms with Crippen LogP contribution in [0.5, 0.6) is 0 Å². The van der Waals surface area contributed by atoms with Crippen LogP contribution in [0.3, 0.4) is 0 Å². The lowest BCUT2D eigenvalue weighted by atomic mass is 9.94. The summed E-state index contributed by atoms with van der Waals surface area (Å²) >= 11 is 0. The van der Waals surface area contributed by atoms with E-state index in [1.807, 2.05) is 0 Å². The van der Waals surface area contributed by atoms with Crippen molar-refractivity contribution in [2.45, 2.75) is 6.92 Å². The van der Waals surface area contributed by atoms with Crippen molar-refractivity contribution < 1.29 is 19.8 Å². The van der Waals surface area contributed by atoms with Gasteiger partial charge in [0.15, 0.2) is 5.96 Å². The maximum Gasteiger partial charge on any atom is 0.309 e. The van der Waals surface area contributed by atoms with Crippen LogP contribution >= 0.6 is 0 Å². The minimum Gasteiger partial charge on any atom is -0.481 e. The van der Waals surface area contributed by atoms with E-state index >= 15 is 0 Å². The molecule has 0 aromatic heterocycles. The Hall–Kier alpha value is -1.79. The molecule has 0 aliphatic carbocycles. The number of aliphatic imine (C=N–C) groups is 1. The lowest BCUT2D eigenvalue weighted by Gasteiger charge is -2.13. The highest BCUT2D eigenvalue weighted by atomic mass is 16.4. The monoisotopic (exact) mass is 203 g/mol. The van der Waals surface area contributed by atoms with Crippen LogP contribution in [0.25, 0.3) is 0 Å². The van der Waals surface area contributed by atoms with Gasteiger partial charge in [0, 0.05) is 0 Å². The molecule has 0 saturated heterocycles. The summed E-state index contributed by atoms with van der Waals surface area (Å²) in [5.41, 5.74) is 10.0. The highest BCUT2D eigenvalue weighted by molar-refractivity contribution is 5.80. The van der Waals surface area contributed by atoms with E-state index < -0.39 is 23.8 Å². The molecule has 0 aromatic rings. The Balaban J connectivity index is 4.53. The Morgan fingerprint density at radius 1 is 1.29 bits per heavy atom. The summed E-state index contributed by atoms with van der Waals surface area (Å²) in [6.45, 7) is 1.06. The molecule has 7 heteroatoms. The first-order valence-corrected chi connectivity index (χ1v) is 3.87. The first-order chi connectivity index (χ1) is 6.36. The van der Waals surface area contributed by atoms with Crippen LogP contribution in [0.15, 0.2) is 4.99 Å². The van der Waals surface area contributed by atoms with Crippen LogP contribution in [0.4, 0.5) is 0 Å². The van der Waals surface area contributed by atoms with Crippen molar-refractivity contribution in [3.63, 3.8) is 0 Å². The molecule has 0 heterocycles. The molecule has 0 spiro atoms. The highest BCUT2D eigenvalue weighted by Gasteiger charge is 2.29. The van der Waals surface area contributed by atoms with Gasteiger partial charge in [0.05, 0.1) is 18.4 Å². The molecule has 80 valence electrons. The summed E-state index contributed by atoms with van der Waals surface area (Å²) in [7, 11) is 0. The van der Waals surface area contributed by atoms with Crippen molar-refractivity contribution in [3.05, 3.63) is 0 Å². The Morgan fingerprint density at radius 3 is 2.07 bits per heavy atom. The largest absolute Gasteiger partial charge is 0.481 e. The molecule has 0 aliphatic heterocycles. The molecule has 0 bridgehead atoms. The minimum atomic E-state index is -1.23. The summed E-state index contributed by atoms with van der Waals surface area (Å²) in [4.78, 5) is 24.6. The van der Waals surface area contributed by atoms with Crippen LogP contribution < -0.4 is 11.5 Å². The Morgan fingerprint density at radius 2 is 1.79 bits per heavy atom. The Kier molecular flexibility index (Phi) is 4.41. The fourth-order valence-corrected chi connectivity index (χ4v) is 0.826. The van der Waals surface area contributed by atoms with Crippen molar-refractivity contribution in [1.29, 1.82) is 0 Å². The Labute approximate surface area is 80.4 Å². The molecule has 0 aliphatic rings. The highest BCUT2D eigenvalue weighted by Crippen LogP contribution is 2.12. The average molecular weight is 203 g/mol. The van der Waals surface area contributed by atoms with Crippen molar-refractivity contribution >= 4 is 17.9 Å². The number of carbonyl (C=O) groups is 2. The van der Waals surface area contributed by atoms with Gasteiger partial charge in [-0.15, -0.1) is 0 Å². The second-order valence-corrected chi connectivity index (χ2v) is 2.84. The maximum atomic E-state index is 10.6. The first-order valence-electron chi connectivity index (χ1n) is 3.87. The van der Waals surface area contributed by atoms with E-state index in [2.05, 4.69) is 4.99 Å². The number of rotatable bonds is 5. The van der Waals surface area contributed by atoms with E-state index in [1.54, 1.807) is 0 Å². The molecule has 0 fully saturated rings. The molecule has 2 unspecified atom stereocenters.